The Morgan fingerprint density at radius 1 is 0.864 bits per heavy atom. The molecule has 1 fully saturated rings. The van der Waals surface area contributed by atoms with Gasteiger partial charge in [-0.05, 0) is 11.0 Å². The van der Waals surface area contributed by atoms with E-state index in [1.807, 2.05) is 36.4 Å². The fourth-order valence-corrected chi connectivity index (χ4v) is 3.73. The van der Waals surface area contributed by atoms with Crippen molar-refractivity contribution in [3.05, 3.63) is 71.3 Å². The lowest BCUT2D eigenvalue weighted by Gasteiger charge is -2.44. The van der Waals surface area contributed by atoms with Gasteiger partial charge in [0, 0.05) is 11.1 Å². The van der Waals surface area contributed by atoms with Crippen LogP contribution in [0.3, 0.4) is 0 Å². The molecule has 0 amide bonds. The molecule has 3 heteroatoms. The maximum Gasteiger partial charge on any atom is 0.237 e. The molecule has 2 aliphatic rings. The van der Waals surface area contributed by atoms with Gasteiger partial charge in [0.15, 0.2) is 0 Å². The fraction of sp³-hybridized carbons (Fsp3) is 0.368. The number of fused-ring (bicyclic) bond motifs is 4. The van der Waals surface area contributed by atoms with Crippen molar-refractivity contribution < 1.29 is 14.5 Å². The average Bonchev–Trinajstić information content (AvgIpc) is 2.88. The summed E-state index contributed by atoms with van der Waals surface area (Å²) in [4.78, 5) is 11.4. The summed E-state index contributed by atoms with van der Waals surface area (Å²) in [6.45, 7) is 6.64. The largest absolute Gasteiger partial charge is 0.306 e. The number of ether oxygens (including phenoxy) is 1. The topological polar surface area (TPSA) is 27.7 Å². The number of hydrogen-bond acceptors (Lipinski definition) is 3. The predicted molar refractivity (Wildman–Crippen MR) is 82.8 cm³/mol. The Labute approximate surface area is 130 Å². The Morgan fingerprint density at radius 3 is 2.18 bits per heavy atom. The van der Waals surface area contributed by atoms with Gasteiger partial charge < -0.3 is 4.74 Å². The lowest BCUT2D eigenvalue weighted by molar-refractivity contribution is -0.346. The lowest BCUT2D eigenvalue weighted by atomic mass is 9.67. The highest BCUT2D eigenvalue weighted by Crippen LogP contribution is 2.60. The van der Waals surface area contributed by atoms with Crippen LogP contribution in [0.4, 0.5) is 0 Å². The summed E-state index contributed by atoms with van der Waals surface area (Å²) in [5.41, 5.74) is 3.25. The van der Waals surface area contributed by atoms with Crippen LogP contribution in [0.5, 0.6) is 0 Å². The molecule has 4 rings (SSSR count). The molecule has 0 N–H and O–H groups in total. The second kappa shape index (κ2) is 4.66. The quantitative estimate of drug-likeness (QED) is 0.716. The first-order valence-corrected chi connectivity index (χ1v) is 7.69. The standard InChI is InChI=1S/C19H20O3/c1-18(2,3)16-14-11-7-8-12-15(14)17-20-19(16,22-21-17)13-9-5-4-6-10-13/h4-12,16-17H,1-3H3/t16?,17-,19+/m0/s1. The molecule has 2 aliphatic heterocycles. The highest BCUT2D eigenvalue weighted by atomic mass is 17.3. The van der Waals surface area contributed by atoms with E-state index in [2.05, 4.69) is 39.0 Å². The van der Waals surface area contributed by atoms with E-state index in [1.54, 1.807) is 0 Å². The molecule has 2 bridgehead atoms. The Morgan fingerprint density at radius 2 is 1.50 bits per heavy atom. The summed E-state index contributed by atoms with van der Waals surface area (Å²) < 4.78 is 6.29. The molecular formula is C19H20O3. The zero-order valence-electron chi connectivity index (χ0n) is 13.1. The minimum Gasteiger partial charge on any atom is -0.306 e. The molecule has 0 saturated carbocycles. The van der Waals surface area contributed by atoms with Gasteiger partial charge in [-0.25, -0.2) is 0 Å². The second-order valence-corrected chi connectivity index (χ2v) is 7.09. The van der Waals surface area contributed by atoms with Crippen molar-refractivity contribution in [3.63, 3.8) is 0 Å². The van der Waals surface area contributed by atoms with Crippen LogP contribution in [0.25, 0.3) is 0 Å². The third-order valence-electron chi connectivity index (χ3n) is 4.52. The molecule has 0 aliphatic carbocycles. The van der Waals surface area contributed by atoms with Crippen LogP contribution in [0.1, 0.15) is 49.7 Å². The Balaban J connectivity index is 1.96. The third-order valence-corrected chi connectivity index (χ3v) is 4.52. The maximum absolute atomic E-state index is 6.29. The summed E-state index contributed by atoms with van der Waals surface area (Å²) >= 11 is 0. The van der Waals surface area contributed by atoms with Crippen molar-refractivity contribution in [1.82, 2.24) is 0 Å². The van der Waals surface area contributed by atoms with Crippen LogP contribution in [-0.4, -0.2) is 0 Å². The van der Waals surface area contributed by atoms with Crippen molar-refractivity contribution in [2.75, 3.05) is 0 Å². The Hall–Kier alpha value is -1.68. The Bertz CT molecular complexity index is 689. The fourth-order valence-electron chi connectivity index (χ4n) is 3.73. The molecule has 2 heterocycles. The van der Waals surface area contributed by atoms with Crippen molar-refractivity contribution in [2.45, 2.75) is 38.8 Å². The van der Waals surface area contributed by atoms with Crippen molar-refractivity contribution >= 4 is 0 Å². The van der Waals surface area contributed by atoms with Crippen molar-refractivity contribution in [2.24, 2.45) is 5.41 Å². The van der Waals surface area contributed by atoms with E-state index in [-0.39, 0.29) is 11.3 Å². The zero-order valence-corrected chi connectivity index (χ0v) is 13.1. The van der Waals surface area contributed by atoms with E-state index in [4.69, 9.17) is 14.5 Å². The SMILES string of the molecule is CC(C)(C)C1c2ccccc2[C@@H]2OO[C@@]1(c1ccccc1)O2. The lowest BCUT2D eigenvalue weighted by Crippen LogP contribution is -2.44. The molecule has 22 heavy (non-hydrogen) atoms. The summed E-state index contributed by atoms with van der Waals surface area (Å²) in [7, 11) is 0. The predicted octanol–water partition coefficient (Wildman–Crippen LogP) is 4.66. The Kier molecular flexibility index (Phi) is 2.95. The van der Waals surface area contributed by atoms with Crippen LogP contribution in [-0.2, 0) is 20.3 Å². The molecule has 1 unspecified atom stereocenters. The van der Waals surface area contributed by atoms with Gasteiger partial charge in [0.1, 0.15) is 0 Å². The summed E-state index contributed by atoms with van der Waals surface area (Å²) in [5, 5.41) is 0. The summed E-state index contributed by atoms with van der Waals surface area (Å²) in [6.07, 6.45) is -0.463. The van der Waals surface area contributed by atoms with Crippen molar-refractivity contribution in [1.29, 1.82) is 0 Å². The van der Waals surface area contributed by atoms with Gasteiger partial charge in [0.05, 0.1) is 5.92 Å². The monoisotopic (exact) mass is 296 g/mol. The molecule has 1 saturated heterocycles. The van der Waals surface area contributed by atoms with Gasteiger partial charge >= 0.3 is 0 Å². The van der Waals surface area contributed by atoms with Crippen LogP contribution >= 0.6 is 0 Å². The minimum atomic E-state index is -0.890. The van der Waals surface area contributed by atoms with Crippen LogP contribution < -0.4 is 0 Å². The van der Waals surface area contributed by atoms with Gasteiger partial charge in [0.25, 0.3) is 0 Å². The van der Waals surface area contributed by atoms with Crippen LogP contribution in [0, 0.1) is 5.41 Å². The highest BCUT2D eigenvalue weighted by Gasteiger charge is 2.60. The first kappa shape index (κ1) is 13.9. The molecule has 2 aromatic rings. The van der Waals surface area contributed by atoms with E-state index in [0.29, 0.717) is 0 Å². The van der Waals surface area contributed by atoms with Gasteiger partial charge in [-0.15, -0.1) is 0 Å². The first-order chi connectivity index (χ1) is 10.5. The van der Waals surface area contributed by atoms with Crippen LogP contribution in [0.15, 0.2) is 54.6 Å². The summed E-state index contributed by atoms with van der Waals surface area (Å²) in [6, 6.07) is 18.4. The van der Waals surface area contributed by atoms with Gasteiger partial charge in [0.2, 0.25) is 12.1 Å². The van der Waals surface area contributed by atoms with E-state index in [9.17, 15) is 0 Å². The van der Waals surface area contributed by atoms with Crippen LogP contribution in [0.2, 0.25) is 0 Å². The average molecular weight is 296 g/mol. The molecule has 0 spiro atoms. The number of benzene rings is 2. The van der Waals surface area contributed by atoms with E-state index in [1.165, 1.54) is 5.56 Å². The van der Waals surface area contributed by atoms with Gasteiger partial charge in [-0.1, -0.05) is 75.4 Å². The molecular weight excluding hydrogens is 276 g/mol. The van der Waals surface area contributed by atoms with E-state index in [0.717, 1.165) is 11.1 Å². The number of hydrogen-bond donors (Lipinski definition) is 0. The minimum absolute atomic E-state index is 0.0392. The first-order valence-electron chi connectivity index (χ1n) is 7.69. The molecule has 0 aromatic heterocycles. The van der Waals surface area contributed by atoms with Gasteiger partial charge in [-0.3, -0.25) is 0 Å². The van der Waals surface area contributed by atoms with Crippen molar-refractivity contribution in [3.8, 4) is 0 Å². The molecule has 0 radical (unpaired) electrons. The molecule has 2 aromatic carbocycles. The highest BCUT2D eigenvalue weighted by molar-refractivity contribution is 5.40. The molecule has 3 nitrogen and oxygen atoms in total. The molecule has 114 valence electrons. The van der Waals surface area contributed by atoms with E-state index >= 15 is 0 Å². The van der Waals surface area contributed by atoms with E-state index < -0.39 is 12.1 Å². The smallest absolute Gasteiger partial charge is 0.237 e. The second-order valence-electron chi connectivity index (χ2n) is 7.09. The molecule has 3 atom stereocenters. The number of rotatable bonds is 1. The van der Waals surface area contributed by atoms with Gasteiger partial charge in [-0.2, -0.15) is 9.78 Å². The normalized spacial score (nSPS) is 30.1. The zero-order chi connectivity index (χ0) is 15.4. The maximum atomic E-state index is 6.29. The summed E-state index contributed by atoms with van der Waals surface area (Å²) in [5.74, 6) is -0.851. The third kappa shape index (κ3) is 1.86.